The van der Waals surface area contributed by atoms with E-state index in [9.17, 15) is 0 Å². The zero-order chi connectivity index (χ0) is 19.1. The SMILES string of the molecule is Cc1cc(Nc2ccccc2Oc2ccccc2)nc(NCCC(C)C)n1. The van der Waals surface area contributed by atoms with Gasteiger partial charge in [-0.1, -0.05) is 44.2 Å². The van der Waals surface area contributed by atoms with Gasteiger partial charge in [0, 0.05) is 18.3 Å². The molecule has 1 heterocycles. The van der Waals surface area contributed by atoms with Crippen molar-refractivity contribution in [3.05, 3.63) is 66.4 Å². The van der Waals surface area contributed by atoms with E-state index in [1.54, 1.807) is 0 Å². The summed E-state index contributed by atoms with van der Waals surface area (Å²) in [5, 5.41) is 6.66. The van der Waals surface area contributed by atoms with E-state index in [1.807, 2.05) is 67.6 Å². The molecule has 2 aromatic carbocycles. The maximum absolute atomic E-state index is 6.01. The second kappa shape index (κ2) is 9.03. The lowest BCUT2D eigenvalue weighted by molar-refractivity contribution is 0.485. The highest BCUT2D eigenvalue weighted by molar-refractivity contribution is 5.65. The van der Waals surface area contributed by atoms with Gasteiger partial charge in [0.15, 0.2) is 5.75 Å². The minimum atomic E-state index is 0.639. The molecule has 0 aliphatic carbocycles. The number of nitrogens with one attached hydrogen (secondary N) is 2. The first-order valence-corrected chi connectivity index (χ1v) is 9.28. The first kappa shape index (κ1) is 18.7. The highest BCUT2D eigenvalue weighted by Gasteiger charge is 2.08. The first-order valence-electron chi connectivity index (χ1n) is 9.28. The Balaban J connectivity index is 1.76. The Labute approximate surface area is 160 Å². The summed E-state index contributed by atoms with van der Waals surface area (Å²) in [6.45, 7) is 7.23. The van der Waals surface area contributed by atoms with Crippen LogP contribution in [0, 0.1) is 12.8 Å². The van der Waals surface area contributed by atoms with Crippen molar-refractivity contribution in [2.24, 2.45) is 5.92 Å². The third-order valence-corrected chi connectivity index (χ3v) is 3.98. The molecule has 0 atom stereocenters. The van der Waals surface area contributed by atoms with Gasteiger partial charge in [-0.3, -0.25) is 0 Å². The molecular formula is C22H26N4O. The number of hydrogen-bond acceptors (Lipinski definition) is 5. The largest absolute Gasteiger partial charge is 0.455 e. The molecule has 0 bridgehead atoms. The van der Waals surface area contributed by atoms with Gasteiger partial charge in [0.2, 0.25) is 5.95 Å². The summed E-state index contributed by atoms with van der Waals surface area (Å²) in [7, 11) is 0. The van der Waals surface area contributed by atoms with E-state index in [0.29, 0.717) is 11.9 Å². The quantitative estimate of drug-likeness (QED) is 0.532. The van der Waals surface area contributed by atoms with Crippen LogP contribution in [-0.2, 0) is 0 Å². The van der Waals surface area contributed by atoms with E-state index in [0.717, 1.165) is 41.7 Å². The molecule has 0 saturated carbocycles. The molecule has 0 aliphatic heterocycles. The Morgan fingerprint density at radius 1 is 0.963 bits per heavy atom. The third-order valence-electron chi connectivity index (χ3n) is 3.98. The second-order valence-corrected chi connectivity index (χ2v) is 6.86. The van der Waals surface area contributed by atoms with Crippen molar-refractivity contribution in [1.82, 2.24) is 9.97 Å². The van der Waals surface area contributed by atoms with E-state index in [2.05, 4.69) is 34.4 Å². The fourth-order valence-corrected chi connectivity index (χ4v) is 2.60. The van der Waals surface area contributed by atoms with Gasteiger partial charge in [-0.05, 0) is 43.5 Å². The molecule has 3 rings (SSSR count). The molecule has 3 aromatic rings. The van der Waals surface area contributed by atoms with E-state index in [1.165, 1.54) is 0 Å². The van der Waals surface area contributed by atoms with E-state index in [-0.39, 0.29) is 0 Å². The minimum absolute atomic E-state index is 0.639. The topological polar surface area (TPSA) is 59.1 Å². The van der Waals surface area contributed by atoms with Gasteiger partial charge in [0.25, 0.3) is 0 Å². The van der Waals surface area contributed by atoms with Crippen LogP contribution in [0.1, 0.15) is 26.0 Å². The fraction of sp³-hybridized carbons (Fsp3) is 0.273. The van der Waals surface area contributed by atoms with E-state index >= 15 is 0 Å². The van der Waals surface area contributed by atoms with Gasteiger partial charge < -0.3 is 15.4 Å². The van der Waals surface area contributed by atoms with Crippen LogP contribution in [0.4, 0.5) is 17.5 Å². The number of hydrogen-bond donors (Lipinski definition) is 2. The Kier molecular flexibility index (Phi) is 6.26. The van der Waals surface area contributed by atoms with Crippen LogP contribution in [-0.4, -0.2) is 16.5 Å². The zero-order valence-electron chi connectivity index (χ0n) is 16.1. The summed E-state index contributed by atoms with van der Waals surface area (Å²) >= 11 is 0. The van der Waals surface area contributed by atoms with Gasteiger partial charge in [-0.2, -0.15) is 4.98 Å². The van der Waals surface area contributed by atoms with Gasteiger partial charge in [-0.25, -0.2) is 4.98 Å². The number of rotatable bonds is 8. The van der Waals surface area contributed by atoms with Crippen LogP contribution < -0.4 is 15.4 Å². The molecule has 5 heteroatoms. The average molecular weight is 362 g/mol. The Morgan fingerprint density at radius 2 is 1.70 bits per heavy atom. The van der Waals surface area contributed by atoms with Gasteiger partial charge in [-0.15, -0.1) is 0 Å². The summed E-state index contributed by atoms with van der Waals surface area (Å²) in [4.78, 5) is 9.05. The number of aryl methyl sites for hydroxylation is 1. The van der Waals surface area contributed by atoms with Crippen LogP contribution in [0.3, 0.4) is 0 Å². The highest BCUT2D eigenvalue weighted by atomic mass is 16.5. The van der Waals surface area contributed by atoms with Crippen molar-refractivity contribution < 1.29 is 4.74 Å². The molecule has 0 saturated heterocycles. The fourth-order valence-electron chi connectivity index (χ4n) is 2.60. The molecule has 140 valence electrons. The molecular weight excluding hydrogens is 336 g/mol. The molecule has 0 amide bonds. The number of benzene rings is 2. The number of ether oxygens (including phenoxy) is 1. The molecule has 0 unspecified atom stereocenters. The number of anilines is 3. The van der Waals surface area contributed by atoms with Crippen molar-refractivity contribution in [3.8, 4) is 11.5 Å². The molecule has 27 heavy (non-hydrogen) atoms. The third kappa shape index (κ3) is 5.71. The lowest BCUT2D eigenvalue weighted by atomic mass is 10.1. The number of para-hydroxylation sites is 3. The van der Waals surface area contributed by atoms with Gasteiger partial charge in [0.1, 0.15) is 11.6 Å². The number of nitrogens with zero attached hydrogens (tertiary/aromatic N) is 2. The van der Waals surface area contributed by atoms with Crippen molar-refractivity contribution >= 4 is 17.5 Å². The van der Waals surface area contributed by atoms with Gasteiger partial charge >= 0.3 is 0 Å². The van der Waals surface area contributed by atoms with Crippen LogP contribution in [0.5, 0.6) is 11.5 Å². The van der Waals surface area contributed by atoms with Crippen LogP contribution in [0.15, 0.2) is 60.7 Å². The van der Waals surface area contributed by atoms with Crippen molar-refractivity contribution in [3.63, 3.8) is 0 Å². The molecule has 2 N–H and O–H groups in total. The van der Waals surface area contributed by atoms with Crippen LogP contribution in [0.2, 0.25) is 0 Å². The Hall–Kier alpha value is -3.08. The summed E-state index contributed by atoms with van der Waals surface area (Å²) in [6, 6.07) is 19.5. The lowest BCUT2D eigenvalue weighted by Gasteiger charge is -2.14. The second-order valence-electron chi connectivity index (χ2n) is 6.86. The standard InChI is InChI=1S/C22H26N4O/c1-16(2)13-14-23-22-24-17(3)15-21(26-22)25-19-11-7-8-12-20(19)27-18-9-5-4-6-10-18/h4-12,15-16H,13-14H2,1-3H3,(H2,23,24,25,26). The molecule has 0 radical (unpaired) electrons. The zero-order valence-corrected chi connectivity index (χ0v) is 16.1. The summed E-state index contributed by atoms with van der Waals surface area (Å²) in [6.07, 6.45) is 1.08. The van der Waals surface area contributed by atoms with Crippen molar-refractivity contribution in [1.29, 1.82) is 0 Å². The molecule has 1 aromatic heterocycles. The summed E-state index contributed by atoms with van der Waals surface area (Å²) in [5.41, 5.74) is 1.76. The normalized spacial score (nSPS) is 10.7. The Bertz CT molecular complexity index is 865. The van der Waals surface area contributed by atoms with Gasteiger partial charge in [0.05, 0.1) is 5.69 Å². The lowest BCUT2D eigenvalue weighted by Crippen LogP contribution is -2.09. The summed E-state index contributed by atoms with van der Waals surface area (Å²) < 4.78 is 6.01. The van der Waals surface area contributed by atoms with E-state index < -0.39 is 0 Å². The molecule has 0 aliphatic rings. The average Bonchev–Trinajstić information content (AvgIpc) is 2.63. The minimum Gasteiger partial charge on any atom is -0.455 e. The van der Waals surface area contributed by atoms with Crippen molar-refractivity contribution in [2.45, 2.75) is 27.2 Å². The van der Waals surface area contributed by atoms with Crippen LogP contribution >= 0.6 is 0 Å². The Morgan fingerprint density at radius 3 is 2.48 bits per heavy atom. The first-order chi connectivity index (χ1) is 13.1. The van der Waals surface area contributed by atoms with Crippen LogP contribution in [0.25, 0.3) is 0 Å². The molecule has 0 spiro atoms. The maximum Gasteiger partial charge on any atom is 0.224 e. The predicted molar refractivity (Wildman–Crippen MR) is 111 cm³/mol. The molecule has 0 fully saturated rings. The monoisotopic (exact) mass is 362 g/mol. The molecule has 5 nitrogen and oxygen atoms in total. The smallest absolute Gasteiger partial charge is 0.224 e. The maximum atomic E-state index is 6.01. The van der Waals surface area contributed by atoms with Crippen molar-refractivity contribution in [2.75, 3.05) is 17.2 Å². The highest BCUT2D eigenvalue weighted by Crippen LogP contribution is 2.31. The summed E-state index contributed by atoms with van der Waals surface area (Å²) in [5.74, 6) is 3.55. The number of aromatic nitrogens is 2. The van der Waals surface area contributed by atoms with E-state index in [4.69, 9.17) is 4.74 Å². The predicted octanol–water partition coefficient (Wildman–Crippen LogP) is 5.78.